The highest BCUT2D eigenvalue weighted by Crippen LogP contribution is 2.29. The van der Waals surface area contributed by atoms with E-state index in [1.807, 2.05) is 13.0 Å². The summed E-state index contributed by atoms with van der Waals surface area (Å²) in [5, 5.41) is 2.76. The van der Waals surface area contributed by atoms with Gasteiger partial charge in [-0.2, -0.15) is 0 Å². The van der Waals surface area contributed by atoms with Crippen molar-refractivity contribution in [3.05, 3.63) is 88.4 Å². The SMILES string of the molecule is CCOC(=O)c1ccc(NC(=O)CN(c2cccc(C)c2C)S(=O)(=O)c2ccccc2)c(Cl)c1. The van der Waals surface area contributed by atoms with Gasteiger partial charge in [0.05, 0.1) is 33.5 Å². The number of hydrogen-bond donors (Lipinski definition) is 1. The van der Waals surface area contributed by atoms with E-state index in [2.05, 4.69) is 5.32 Å². The molecule has 0 fully saturated rings. The van der Waals surface area contributed by atoms with Crippen LogP contribution in [-0.4, -0.2) is 33.4 Å². The maximum atomic E-state index is 13.5. The summed E-state index contributed by atoms with van der Waals surface area (Å²) in [5.41, 5.74) is 2.53. The summed E-state index contributed by atoms with van der Waals surface area (Å²) in [5.74, 6) is -1.12. The lowest BCUT2D eigenvalue weighted by Gasteiger charge is -2.26. The molecule has 0 atom stereocenters. The molecule has 7 nitrogen and oxygen atoms in total. The van der Waals surface area contributed by atoms with E-state index in [1.54, 1.807) is 44.2 Å². The number of nitrogens with zero attached hydrogens (tertiary/aromatic N) is 1. The second-order valence-corrected chi connectivity index (χ2v) is 9.78. The summed E-state index contributed by atoms with van der Waals surface area (Å²) in [7, 11) is -4.04. The Bertz CT molecular complexity index is 1310. The summed E-state index contributed by atoms with van der Waals surface area (Å²) in [6.45, 7) is 5.12. The van der Waals surface area contributed by atoms with Gasteiger partial charge in [0, 0.05) is 0 Å². The first-order chi connectivity index (χ1) is 16.1. The lowest BCUT2D eigenvalue weighted by Crippen LogP contribution is -2.38. The van der Waals surface area contributed by atoms with E-state index in [1.165, 1.54) is 30.3 Å². The van der Waals surface area contributed by atoms with E-state index in [9.17, 15) is 18.0 Å². The molecule has 3 aromatic carbocycles. The van der Waals surface area contributed by atoms with Gasteiger partial charge in [-0.25, -0.2) is 13.2 Å². The monoisotopic (exact) mass is 500 g/mol. The Morgan fingerprint density at radius 2 is 1.71 bits per heavy atom. The molecule has 0 bridgehead atoms. The molecular weight excluding hydrogens is 476 g/mol. The summed E-state index contributed by atoms with van der Waals surface area (Å²) >= 11 is 6.25. The third-order valence-corrected chi connectivity index (χ3v) is 7.30. The van der Waals surface area contributed by atoms with Crippen LogP contribution in [0.3, 0.4) is 0 Å². The lowest BCUT2D eigenvalue weighted by molar-refractivity contribution is -0.114. The number of carbonyl (C=O) groups excluding carboxylic acids is 2. The van der Waals surface area contributed by atoms with Crippen LogP contribution in [0.15, 0.2) is 71.6 Å². The Morgan fingerprint density at radius 1 is 1.00 bits per heavy atom. The number of rotatable bonds is 8. The van der Waals surface area contributed by atoms with E-state index in [-0.39, 0.29) is 27.8 Å². The number of esters is 1. The van der Waals surface area contributed by atoms with E-state index < -0.39 is 28.4 Å². The maximum absolute atomic E-state index is 13.5. The smallest absolute Gasteiger partial charge is 0.338 e. The van der Waals surface area contributed by atoms with Gasteiger partial charge >= 0.3 is 5.97 Å². The van der Waals surface area contributed by atoms with Crippen molar-refractivity contribution < 1.29 is 22.7 Å². The van der Waals surface area contributed by atoms with Crippen LogP contribution in [0, 0.1) is 13.8 Å². The van der Waals surface area contributed by atoms with Crippen molar-refractivity contribution in [1.29, 1.82) is 0 Å². The second kappa shape index (κ2) is 10.7. The summed E-state index contributed by atoms with van der Waals surface area (Å²) < 4.78 is 33.0. The molecule has 0 unspecified atom stereocenters. The molecular formula is C25H25ClN2O5S. The molecule has 0 aliphatic heterocycles. The summed E-state index contributed by atoms with van der Waals surface area (Å²) in [4.78, 5) is 24.9. The zero-order valence-electron chi connectivity index (χ0n) is 19.0. The first-order valence-electron chi connectivity index (χ1n) is 10.6. The van der Waals surface area contributed by atoms with Crippen molar-refractivity contribution in [1.82, 2.24) is 0 Å². The molecule has 0 saturated heterocycles. The molecule has 9 heteroatoms. The fraction of sp³-hybridized carbons (Fsp3) is 0.200. The molecule has 178 valence electrons. The Balaban J connectivity index is 1.92. The van der Waals surface area contributed by atoms with Gasteiger partial charge in [0.15, 0.2) is 0 Å². The third kappa shape index (κ3) is 5.58. The Labute approximate surface area is 204 Å². The molecule has 0 saturated carbocycles. The Morgan fingerprint density at radius 3 is 2.35 bits per heavy atom. The molecule has 0 radical (unpaired) electrons. The molecule has 0 aliphatic rings. The molecule has 1 N–H and O–H groups in total. The zero-order chi connectivity index (χ0) is 24.9. The highest BCUT2D eigenvalue weighted by Gasteiger charge is 2.28. The average molecular weight is 501 g/mol. The first-order valence-corrected chi connectivity index (χ1v) is 12.4. The fourth-order valence-electron chi connectivity index (χ4n) is 3.30. The summed E-state index contributed by atoms with van der Waals surface area (Å²) in [6.07, 6.45) is 0. The standard InChI is InChI=1S/C25H25ClN2O5S/c1-4-33-25(30)19-13-14-22(21(26)15-19)27-24(29)16-28(23-12-8-9-17(2)18(23)3)34(31,32)20-10-6-5-7-11-20/h5-15H,4,16H2,1-3H3,(H,27,29). The molecule has 0 spiro atoms. The quantitative estimate of drug-likeness (QED) is 0.441. The van der Waals surface area contributed by atoms with Gasteiger partial charge in [0.1, 0.15) is 6.54 Å². The van der Waals surface area contributed by atoms with Gasteiger partial charge in [-0.1, -0.05) is 41.9 Å². The molecule has 0 heterocycles. The van der Waals surface area contributed by atoms with Gasteiger partial charge in [0.2, 0.25) is 5.91 Å². The molecule has 0 aliphatic carbocycles. The Kier molecular flexibility index (Phi) is 7.96. The highest BCUT2D eigenvalue weighted by molar-refractivity contribution is 7.92. The van der Waals surface area contributed by atoms with Crippen LogP contribution in [0.4, 0.5) is 11.4 Å². The van der Waals surface area contributed by atoms with Crippen LogP contribution in [0.2, 0.25) is 5.02 Å². The maximum Gasteiger partial charge on any atom is 0.338 e. The van der Waals surface area contributed by atoms with Crippen molar-refractivity contribution in [2.75, 3.05) is 22.8 Å². The van der Waals surface area contributed by atoms with E-state index in [4.69, 9.17) is 16.3 Å². The zero-order valence-corrected chi connectivity index (χ0v) is 20.6. The van der Waals surface area contributed by atoms with Crippen molar-refractivity contribution in [3.63, 3.8) is 0 Å². The molecule has 1 amide bonds. The third-order valence-electron chi connectivity index (χ3n) is 5.22. The van der Waals surface area contributed by atoms with Gasteiger partial charge in [-0.3, -0.25) is 9.10 Å². The minimum absolute atomic E-state index is 0.0699. The van der Waals surface area contributed by atoms with Crippen molar-refractivity contribution in [2.24, 2.45) is 0 Å². The highest BCUT2D eigenvalue weighted by atomic mass is 35.5. The number of hydrogen-bond acceptors (Lipinski definition) is 5. The Hall–Kier alpha value is -3.36. The van der Waals surface area contributed by atoms with E-state index in [0.717, 1.165) is 15.4 Å². The number of amides is 1. The van der Waals surface area contributed by atoms with Gasteiger partial charge in [-0.05, 0) is 68.3 Å². The van der Waals surface area contributed by atoms with E-state index >= 15 is 0 Å². The van der Waals surface area contributed by atoms with Crippen LogP contribution in [0.1, 0.15) is 28.4 Å². The molecule has 3 aromatic rings. The number of benzene rings is 3. The topological polar surface area (TPSA) is 92.8 Å². The minimum atomic E-state index is -4.04. The van der Waals surface area contributed by atoms with Crippen LogP contribution in [0.25, 0.3) is 0 Å². The number of halogens is 1. The van der Waals surface area contributed by atoms with Crippen molar-refractivity contribution >= 4 is 44.9 Å². The lowest BCUT2D eigenvalue weighted by atomic mass is 10.1. The van der Waals surface area contributed by atoms with Crippen molar-refractivity contribution in [2.45, 2.75) is 25.7 Å². The first kappa shape index (κ1) is 25.3. The van der Waals surface area contributed by atoms with Crippen molar-refractivity contribution in [3.8, 4) is 0 Å². The molecule has 34 heavy (non-hydrogen) atoms. The number of sulfonamides is 1. The van der Waals surface area contributed by atoms with Gasteiger partial charge < -0.3 is 10.1 Å². The van der Waals surface area contributed by atoms with Crippen LogP contribution < -0.4 is 9.62 Å². The fourth-order valence-corrected chi connectivity index (χ4v) is 5.03. The van der Waals surface area contributed by atoms with Crippen LogP contribution in [0.5, 0.6) is 0 Å². The predicted octanol–water partition coefficient (Wildman–Crippen LogP) is 4.97. The van der Waals surface area contributed by atoms with Crippen LogP contribution in [-0.2, 0) is 19.6 Å². The number of nitrogens with one attached hydrogen (secondary N) is 1. The molecule has 3 rings (SSSR count). The largest absolute Gasteiger partial charge is 0.462 e. The minimum Gasteiger partial charge on any atom is -0.462 e. The number of aryl methyl sites for hydroxylation is 1. The van der Waals surface area contributed by atoms with Gasteiger partial charge in [0.25, 0.3) is 10.0 Å². The second-order valence-electron chi connectivity index (χ2n) is 7.51. The van der Waals surface area contributed by atoms with Gasteiger partial charge in [-0.15, -0.1) is 0 Å². The number of carbonyl (C=O) groups is 2. The normalized spacial score (nSPS) is 11.1. The number of ether oxygens (including phenoxy) is 1. The average Bonchev–Trinajstić information content (AvgIpc) is 2.81. The predicted molar refractivity (Wildman–Crippen MR) is 133 cm³/mol. The molecule has 0 aromatic heterocycles. The van der Waals surface area contributed by atoms with Crippen LogP contribution >= 0.6 is 11.6 Å². The van der Waals surface area contributed by atoms with E-state index in [0.29, 0.717) is 5.69 Å². The summed E-state index contributed by atoms with van der Waals surface area (Å²) in [6, 6.07) is 17.5. The number of anilines is 2.